The lowest BCUT2D eigenvalue weighted by molar-refractivity contribution is 0.673. The molecule has 0 saturated carbocycles. The number of hydrogen-bond acceptors (Lipinski definition) is 2. The van der Waals surface area contributed by atoms with E-state index >= 15 is 0 Å². The van der Waals surface area contributed by atoms with Gasteiger partial charge >= 0.3 is 0 Å². The van der Waals surface area contributed by atoms with Gasteiger partial charge in [-0.25, -0.2) is 0 Å². The molecule has 112 valence electrons. The van der Waals surface area contributed by atoms with E-state index in [0.29, 0.717) is 0 Å². The van der Waals surface area contributed by atoms with Crippen molar-refractivity contribution >= 4 is 21.6 Å². The van der Waals surface area contributed by atoms with Crippen molar-refractivity contribution in [1.29, 1.82) is 0 Å². The molecule has 0 unspecified atom stereocenters. The zero-order valence-electron chi connectivity index (χ0n) is 12.8. The quantitative estimate of drug-likeness (QED) is 0.738. The molecule has 0 aromatic heterocycles. The first kappa shape index (κ1) is 16.1. The average Bonchev–Trinajstić information content (AvgIpc) is 2.50. The Kier molecular flexibility index (Phi) is 6.27. The van der Waals surface area contributed by atoms with Gasteiger partial charge in [-0.05, 0) is 36.2 Å². The molecule has 2 aromatic carbocycles. The van der Waals surface area contributed by atoms with Crippen LogP contribution in [-0.2, 0) is 13.1 Å². The highest BCUT2D eigenvalue weighted by molar-refractivity contribution is 9.10. The van der Waals surface area contributed by atoms with Gasteiger partial charge in [0.05, 0.1) is 0 Å². The van der Waals surface area contributed by atoms with E-state index < -0.39 is 0 Å². The molecule has 0 aliphatic rings. The molecule has 0 heterocycles. The van der Waals surface area contributed by atoms with Gasteiger partial charge in [-0.15, -0.1) is 0 Å². The second kappa shape index (κ2) is 8.20. The van der Waals surface area contributed by atoms with Gasteiger partial charge < -0.3 is 10.2 Å². The lowest BCUT2D eigenvalue weighted by Crippen LogP contribution is -2.21. The minimum absolute atomic E-state index is 0.895. The van der Waals surface area contributed by atoms with E-state index in [-0.39, 0.29) is 0 Å². The summed E-state index contributed by atoms with van der Waals surface area (Å²) in [4.78, 5) is 2.31. The number of rotatable bonds is 7. The summed E-state index contributed by atoms with van der Waals surface area (Å²) in [5.41, 5.74) is 3.94. The third-order valence-corrected chi connectivity index (χ3v) is 4.28. The van der Waals surface area contributed by atoms with Crippen LogP contribution in [0.2, 0.25) is 0 Å². The summed E-state index contributed by atoms with van der Waals surface area (Å²) in [6.45, 7) is 5.07. The Hall–Kier alpha value is -1.32. The average molecular weight is 347 g/mol. The van der Waals surface area contributed by atoms with Gasteiger partial charge in [-0.2, -0.15) is 0 Å². The van der Waals surface area contributed by atoms with E-state index in [2.05, 4.69) is 88.6 Å². The van der Waals surface area contributed by atoms with E-state index in [1.54, 1.807) is 0 Å². The van der Waals surface area contributed by atoms with Crippen molar-refractivity contribution in [3.63, 3.8) is 0 Å². The monoisotopic (exact) mass is 346 g/mol. The maximum absolute atomic E-state index is 3.63. The van der Waals surface area contributed by atoms with Crippen molar-refractivity contribution in [2.75, 3.05) is 18.5 Å². The lowest BCUT2D eigenvalue weighted by atomic mass is 10.1. The first-order valence-electron chi connectivity index (χ1n) is 7.45. The summed E-state index contributed by atoms with van der Waals surface area (Å²) in [7, 11) is 2.15. The molecular formula is C18H23BrN2. The SMILES string of the molecule is CCCNCc1ccccc1N(C)Cc1ccccc1Br. The molecule has 0 aliphatic heterocycles. The molecule has 2 rings (SSSR count). The van der Waals surface area contributed by atoms with E-state index in [1.807, 2.05) is 0 Å². The van der Waals surface area contributed by atoms with Gasteiger partial charge in [0.25, 0.3) is 0 Å². The topological polar surface area (TPSA) is 15.3 Å². The van der Waals surface area contributed by atoms with Gasteiger partial charge in [0.1, 0.15) is 0 Å². The molecule has 0 radical (unpaired) electrons. The summed E-state index contributed by atoms with van der Waals surface area (Å²) in [6.07, 6.45) is 1.16. The minimum Gasteiger partial charge on any atom is -0.370 e. The predicted octanol–water partition coefficient (Wildman–Crippen LogP) is 4.59. The van der Waals surface area contributed by atoms with E-state index in [1.165, 1.54) is 21.3 Å². The van der Waals surface area contributed by atoms with Crippen LogP contribution in [0.1, 0.15) is 24.5 Å². The van der Waals surface area contributed by atoms with Crippen LogP contribution in [0.3, 0.4) is 0 Å². The summed E-state index contributed by atoms with van der Waals surface area (Å²) in [5, 5.41) is 3.49. The molecule has 0 saturated heterocycles. The summed E-state index contributed by atoms with van der Waals surface area (Å²) < 4.78 is 1.17. The Balaban J connectivity index is 2.11. The molecule has 3 heteroatoms. The van der Waals surface area contributed by atoms with Crippen molar-refractivity contribution in [3.05, 3.63) is 64.1 Å². The smallest absolute Gasteiger partial charge is 0.0437 e. The molecule has 21 heavy (non-hydrogen) atoms. The standard InChI is InChI=1S/C18H23BrN2/c1-3-12-20-13-15-8-5-7-11-18(15)21(2)14-16-9-4-6-10-17(16)19/h4-11,20H,3,12-14H2,1-2H3. The molecule has 0 amide bonds. The van der Waals surface area contributed by atoms with E-state index in [9.17, 15) is 0 Å². The van der Waals surface area contributed by atoms with Crippen LogP contribution in [-0.4, -0.2) is 13.6 Å². The van der Waals surface area contributed by atoms with E-state index in [0.717, 1.165) is 26.1 Å². The van der Waals surface area contributed by atoms with Crippen molar-refractivity contribution in [3.8, 4) is 0 Å². The second-order valence-electron chi connectivity index (χ2n) is 5.25. The minimum atomic E-state index is 0.895. The Morgan fingerprint density at radius 2 is 1.67 bits per heavy atom. The highest BCUT2D eigenvalue weighted by atomic mass is 79.9. The molecule has 0 aliphatic carbocycles. The Morgan fingerprint density at radius 1 is 1.00 bits per heavy atom. The molecule has 1 N–H and O–H groups in total. The molecule has 0 spiro atoms. The Bertz CT molecular complexity index is 569. The van der Waals surface area contributed by atoms with Crippen LogP contribution in [0.25, 0.3) is 0 Å². The largest absolute Gasteiger partial charge is 0.370 e. The van der Waals surface area contributed by atoms with Crippen LogP contribution < -0.4 is 10.2 Å². The van der Waals surface area contributed by atoms with Crippen LogP contribution in [0.15, 0.2) is 53.0 Å². The lowest BCUT2D eigenvalue weighted by Gasteiger charge is -2.23. The van der Waals surface area contributed by atoms with Crippen LogP contribution >= 0.6 is 15.9 Å². The number of hydrogen-bond donors (Lipinski definition) is 1. The Labute approximate surface area is 136 Å². The fourth-order valence-corrected chi connectivity index (χ4v) is 2.81. The van der Waals surface area contributed by atoms with Gasteiger partial charge in [0.15, 0.2) is 0 Å². The fraction of sp³-hybridized carbons (Fsp3) is 0.333. The molecular weight excluding hydrogens is 324 g/mol. The number of halogens is 1. The zero-order valence-corrected chi connectivity index (χ0v) is 14.4. The first-order valence-corrected chi connectivity index (χ1v) is 8.25. The third-order valence-electron chi connectivity index (χ3n) is 3.51. The van der Waals surface area contributed by atoms with Crippen LogP contribution in [0.4, 0.5) is 5.69 Å². The van der Waals surface area contributed by atoms with Crippen molar-refractivity contribution < 1.29 is 0 Å². The van der Waals surface area contributed by atoms with E-state index in [4.69, 9.17) is 0 Å². The second-order valence-corrected chi connectivity index (χ2v) is 6.11. The van der Waals surface area contributed by atoms with Gasteiger partial charge in [0, 0.05) is 30.3 Å². The third kappa shape index (κ3) is 4.58. The maximum atomic E-state index is 3.63. The van der Waals surface area contributed by atoms with Crippen molar-refractivity contribution in [2.24, 2.45) is 0 Å². The molecule has 0 atom stereocenters. The number of anilines is 1. The maximum Gasteiger partial charge on any atom is 0.0437 e. The van der Waals surface area contributed by atoms with Crippen molar-refractivity contribution in [2.45, 2.75) is 26.4 Å². The zero-order chi connectivity index (χ0) is 15.1. The summed E-state index contributed by atoms with van der Waals surface area (Å²) in [5.74, 6) is 0. The first-order chi connectivity index (χ1) is 10.2. The van der Waals surface area contributed by atoms with Gasteiger partial charge in [-0.1, -0.05) is 59.3 Å². The van der Waals surface area contributed by atoms with Crippen LogP contribution in [0, 0.1) is 0 Å². The molecule has 2 nitrogen and oxygen atoms in total. The van der Waals surface area contributed by atoms with Crippen molar-refractivity contribution in [1.82, 2.24) is 5.32 Å². The number of benzene rings is 2. The summed E-state index contributed by atoms with van der Waals surface area (Å²) >= 11 is 3.63. The highest BCUT2D eigenvalue weighted by Crippen LogP contribution is 2.23. The highest BCUT2D eigenvalue weighted by Gasteiger charge is 2.08. The normalized spacial score (nSPS) is 10.6. The number of para-hydroxylation sites is 1. The van der Waals surface area contributed by atoms with Gasteiger partial charge in [0.2, 0.25) is 0 Å². The number of nitrogens with one attached hydrogen (secondary N) is 1. The molecule has 2 aromatic rings. The molecule has 0 bridgehead atoms. The Morgan fingerprint density at radius 3 is 2.38 bits per heavy atom. The predicted molar refractivity (Wildman–Crippen MR) is 94.7 cm³/mol. The fourth-order valence-electron chi connectivity index (χ4n) is 2.40. The molecule has 0 fully saturated rings. The summed E-state index contributed by atoms with van der Waals surface area (Å²) in [6, 6.07) is 17.0. The van der Waals surface area contributed by atoms with Gasteiger partial charge in [-0.3, -0.25) is 0 Å². The van der Waals surface area contributed by atoms with Crippen LogP contribution in [0.5, 0.6) is 0 Å². The number of nitrogens with zero attached hydrogens (tertiary/aromatic N) is 1.